The van der Waals surface area contributed by atoms with E-state index in [2.05, 4.69) is 0 Å². The molecule has 0 spiro atoms. The Labute approximate surface area is 169 Å². The zero-order valence-corrected chi connectivity index (χ0v) is 17.4. The summed E-state index contributed by atoms with van der Waals surface area (Å²) in [4.78, 5) is 13.9. The highest BCUT2D eigenvalue weighted by Gasteiger charge is 2.32. The van der Waals surface area contributed by atoms with Crippen molar-refractivity contribution < 1.29 is 26.0 Å². The Balaban J connectivity index is 1.69. The van der Waals surface area contributed by atoms with Gasteiger partial charge in [-0.3, -0.25) is 4.79 Å². The van der Waals surface area contributed by atoms with Crippen LogP contribution in [0.25, 0.3) is 0 Å². The Kier molecular flexibility index (Phi) is 6.06. The molecule has 1 heterocycles. The summed E-state index contributed by atoms with van der Waals surface area (Å²) in [5.74, 6) is -1.15. The van der Waals surface area contributed by atoms with E-state index in [9.17, 15) is 26.0 Å². The number of sulfonamides is 1. The molecule has 3 rings (SSSR count). The average molecular weight is 441 g/mol. The molecule has 2 aromatic carbocycles. The minimum absolute atomic E-state index is 0.0290. The van der Waals surface area contributed by atoms with Gasteiger partial charge in [0.1, 0.15) is 10.7 Å². The Bertz CT molecular complexity index is 1110. The lowest BCUT2D eigenvalue weighted by atomic mass is 10.2. The van der Waals surface area contributed by atoms with E-state index in [1.807, 2.05) is 0 Å². The minimum atomic E-state index is -3.98. The molecular weight excluding hydrogens is 419 g/mol. The second-order valence-electron chi connectivity index (χ2n) is 6.55. The number of hydrogen-bond donors (Lipinski definition) is 0. The van der Waals surface area contributed by atoms with E-state index < -0.39 is 25.7 Å². The maximum absolute atomic E-state index is 13.9. The number of halogens is 1. The van der Waals surface area contributed by atoms with E-state index in [1.54, 1.807) is 6.92 Å². The van der Waals surface area contributed by atoms with Gasteiger partial charge in [0.2, 0.25) is 10.0 Å². The first-order valence-corrected chi connectivity index (χ1v) is 12.1. The minimum Gasteiger partial charge on any atom is -0.336 e. The van der Waals surface area contributed by atoms with Crippen molar-refractivity contribution in [3.05, 3.63) is 59.9 Å². The topological polar surface area (TPSA) is 91.8 Å². The molecule has 0 N–H and O–H groups in total. The maximum Gasteiger partial charge on any atom is 0.253 e. The monoisotopic (exact) mass is 440 g/mol. The normalized spacial score (nSPS) is 16.0. The summed E-state index contributed by atoms with van der Waals surface area (Å²) >= 11 is 0. The largest absolute Gasteiger partial charge is 0.336 e. The number of rotatable bonds is 5. The maximum atomic E-state index is 13.9. The van der Waals surface area contributed by atoms with Gasteiger partial charge in [0, 0.05) is 31.7 Å². The highest BCUT2D eigenvalue weighted by atomic mass is 32.2. The van der Waals surface area contributed by atoms with Crippen molar-refractivity contribution in [2.24, 2.45) is 0 Å². The van der Waals surface area contributed by atoms with Crippen molar-refractivity contribution in [3.8, 4) is 0 Å². The molecule has 0 radical (unpaired) electrons. The lowest BCUT2D eigenvalue weighted by Gasteiger charge is -2.34. The molecular formula is C19H21FN2O5S2. The van der Waals surface area contributed by atoms with Gasteiger partial charge < -0.3 is 4.90 Å². The van der Waals surface area contributed by atoms with Crippen molar-refractivity contribution in [2.75, 3.05) is 31.9 Å². The summed E-state index contributed by atoms with van der Waals surface area (Å²) in [6, 6.07) is 10.9. The van der Waals surface area contributed by atoms with Crippen molar-refractivity contribution in [1.82, 2.24) is 9.21 Å². The summed E-state index contributed by atoms with van der Waals surface area (Å²) in [6.07, 6.45) is 0. The van der Waals surface area contributed by atoms with Crippen LogP contribution in [0.3, 0.4) is 0 Å². The summed E-state index contributed by atoms with van der Waals surface area (Å²) in [7, 11) is -7.33. The molecule has 0 atom stereocenters. The Morgan fingerprint density at radius 3 is 2.07 bits per heavy atom. The first-order valence-electron chi connectivity index (χ1n) is 9.03. The standard InChI is InChI=1S/C19H21FN2O5S2/c1-2-28(24,25)16-9-7-15(8-10-16)19(23)21-11-13-22(14-12-21)29(26,27)18-6-4-3-5-17(18)20/h3-10H,2,11-14H2,1H3. The molecule has 156 valence electrons. The number of sulfone groups is 1. The summed E-state index contributed by atoms with van der Waals surface area (Å²) < 4.78 is 64.1. The van der Waals surface area contributed by atoms with Crippen molar-refractivity contribution in [3.63, 3.8) is 0 Å². The van der Waals surface area contributed by atoms with Gasteiger partial charge in [-0.2, -0.15) is 4.31 Å². The molecule has 1 fully saturated rings. The van der Waals surface area contributed by atoms with Gasteiger partial charge in [0.15, 0.2) is 9.84 Å². The summed E-state index contributed by atoms with van der Waals surface area (Å²) in [5, 5.41) is 0. The predicted octanol–water partition coefficient (Wildman–Crippen LogP) is 1.77. The Morgan fingerprint density at radius 1 is 0.931 bits per heavy atom. The van der Waals surface area contributed by atoms with Gasteiger partial charge in [-0.05, 0) is 36.4 Å². The molecule has 10 heteroatoms. The van der Waals surface area contributed by atoms with Crippen molar-refractivity contribution in [1.29, 1.82) is 0 Å². The Morgan fingerprint density at radius 2 is 1.52 bits per heavy atom. The highest BCUT2D eigenvalue weighted by Crippen LogP contribution is 2.21. The SMILES string of the molecule is CCS(=O)(=O)c1ccc(C(=O)N2CCN(S(=O)(=O)c3ccccc3F)CC2)cc1. The van der Waals surface area contributed by atoms with E-state index in [0.717, 1.165) is 10.4 Å². The van der Waals surface area contributed by atoms with E-state index in [-0.39, 0.29) is 47.6 Å². The van der Waals surface area contributed by atoms with E-state index in [0.29, 0.717) is 5.56 Å². The average Bonchev–Trinajstić information content (AvgIpc) is 2.73. The molecule has 1 saturated heterocycles. The molecule has 0 bridgehead atoms. The van der Waals surface area contributed by atoms with Crippen LogP contribution in [0.2, 0.25) is 0 Å². The fourth-order valence-electron chi connectivity index (χ4n) is 3.08. The first-order chi connectivity index (χ1) is 13.7. The molecule has 7 nitrogen and oxygen atoms in total. The van der Waals surface area contributed by atoms with Crippen molar-refractivity contribution >= 4 is 25.8 Å². The third-order valence-electron chi connectivity index (χ3n) is 4.82. The Hall–Kier alpha value is -2.30. The molecule has 0 aromatic heterocycles. The van der Waals surface area contributed by atoms with E-state index in [1.165, 1.54) is 47.4 Å². The van der Waals surface area contributed by atoms with Crippen LogP contribution in [0.5, 0.6) is 0 Å². The van der Waals surface area contributed by atoms with Gasteiger partial charge in [-0.1, -0.05) is 19.1 Å². The van der Waals surface area contributed by atoms with Gasteiger partial charge >= 0.3 is 0 Å². The van der Waals surface area contributed by atoms with Crippen LogP contribution in [-0.4, -0.2) is 63.9 Å². The third-order valence-corrected chi connectivity index (χ3v) is 8.50. The van der Waals surface area contributed by atoms with Gasteiger partial charge in [-0.25, -0.2) is 21.2 Å². The molecule has 0 saturated carbocycles. The van der Waals surface area contributed by atoms with Crippen LogP contribution in [-0.2, 0) is 19.9 Å². The van der Waals surface area contributed by atoms with Crippen LogP contribution in [0.1, 0.15) is 17.3 Å². The third kappa shape index (κ3) is 4.34. The number of carbonyl (C=O) groups is 1. The van der Waals surface area contributed by atoms with Crippen LogP contribution in [0.15, 0.2) is 58.3 Å². The quantitative estimate of drug-likeness (QED) is 0.707. The van der Waals surface area contributed by atoms with Crippen LogP contribution in [0.4, 0.5) is 4.39 Å². The molecule has 0 unspecified atom stereocenters. The number of nitrogens with zero attached hydrogens (tertiary/aromatic N) is 2. The van der Waals surface area contributed by atoms with Crippen molar-refractivity contribution in [2.45, 2.75) is 16.7 Å². The number of carbonyl (C=O) groups excluding carboxylic acids is 1. The molecule has 2 aromatic rings. The molecule has 1 aliphatic rings. The molecule has 1 aliphatic heterocycles. The zero-order valence-electron chi connectivity index (χ0n) is 15.8. The lowest BCUT2D eigenvalue weighted by Crippen LogP contribution is -2.50. The van der Waals surface area contributed by atoms with Crippen LogP contribution in [0, 0.1) is 5.82 Å². The van der Waals surface area contributed by atoms with Crippen LogP contribution >= 0.6 is 0 Å². The van der Waals surface area contributed by atoms with Gasteiger partial charge in [-0.15, -0.1) is 0 Å². The number of piperazine rings is 1. The number of amides is 1. The summed E-state index contributed by atoms with van der Waals surface area (Å²) in [5.41, 5.74) is 0.325. The number of benzene rings is 2. The summed E-state index contributed by atoms with van der Waals surface area (Å²) in [6.45, 7) is 1.95. The van der Waals surface area contributed by atoms with Gasteiger partial charge in [0.05, 0.1) is 10.6 Å². The van der Waals surface area contributed by atoms with Gasteiger partial charge in [0.25, 0.3) is 5.91 Å². The molecule has 0 aliphatic carbocycles. The molecule has 29 heavy (non-hydrogen) atoms. The lowest BCUT2D eigenvalue weighted by molar-refractivity contribution is 0.0697. The van der Waals surface area contributed by atoms with Crippen LogP contribution < -0.4 is 0 Å². The smallest absolute Gasteiger partial charge is 0.253 e. The first kappa shape index (κ1) is 21.4. The zero-order chi connectivity index (χ0) is 21.2. The predicted molar refractivity (Wildman–Crippen MR) is 105 cm³/mol. The fourth-order valence-corrected chi connectivity index (χ4v) is 5.45. The fraction of sp³-hybridized carbons (Fsp3) is 0.316. The van der Waals surface area contributed by atoms with E-state index >= 15 is 0 Å². The number of hydrogen-bond acceptors (Lipinski definition) is 5. The van der Waals surface area contributed by atoms with E-state index in [4.69, 9.17) is 0 Å². The second kappa shape index (κ2) is 8.21. The highest BCUT2D eigenvalue weighted by molar-refractivity contribution is 7.91. The molecule has 1 amide bonds. The second-order valence-corrected chi connectivity index (χ2v) is 10.7.